The van der Waals surface area contributed by atoms with Crippen molar-refractivity contribution in [3.8, 4) is 17.2 Å². The van der Waals surface area contributed by atoms with Gasteiger partial charge in [-0.1, -0.05) is 72.8 Å². The Balaban J connectivity index is 1.32. The number of carbonyl (C=O) groups is 4. The van der Waals surface area contributed by atoms with Crippen LogP contribution in [0.2, 0.25) is 0 Å². The molecule has 294 valence electrons. The van der Waals surface area contributed by atoms with Crippen molar-refractivity contribution < 1.29 is 61.9 Å². The Kier molecular flexibility index (Phi) is 11.8. The molecule has 1 saturated heterocycles. The fourth-order valence-electron chi connectivity index (χ4n) is 6.16. The summed E-state index contributed by atoms with van der Waals surface area (Å²) in [4.78, 5) is 67.1. The molecule has 1 aromatic heterocycles. The molecule has 5 aromatic carbocycles. The summed E-state index contributed by atoms with van der Waals surface area (Å²) < 4.78 is 46.8. The highest BCUT2D eigenvalue weighted by Gasteiger charge is 2.54. The standard InChI is InChI=1S/C44H34O14/c1-51-36-34(45)31-23-22-30(24-32(31)54-43(36)50)53-44-38(58-42(49)29-20-12-5-13-21-29)37(57-41(48)28-18-10-4-11-19-28)35(56-40(47)27-16-8-3-9-17-27)33(55-44)25-52-39(46)26-14-6-2-7-15-26/h2-24,33,35,37-38,44-45H,25H2,1H3/t33-,35-,37+,38+,44+/m1/s1. The van der Waals surface area contributed by atoms with E-state index in [2.05, 4.69) is 0 Å². The van der Waals surface area contributed by atoms with Crippen molar-refractivity contribution in [2.45, 2.75) is 30.7 Å². The third-order valence-corrected chi connectivity index (χ3v) is 9.00. The van der Waals surface area contributed by atoms with Crippen LogP contribution in [0.3, 0.4) is 0 Å². The Bertz CT molecular complexity index is 2450. The van der Waals surface area contributed by atoms with E-state index in [1.54, 1.807) is 72.8 Å². The van der Waals surface area contributed by atoms with Crippen LogP contribution in [0.1, 0.15) is 41.4 Å². The number of fused-ring (bicyclic) bond motifs is 1. The van der Waals surface area contributed by atoms with E-state index in [1.165, 1.54) is 73.8 Å². The molecule has 14 heteroatoms. The van der Waals surface area contributed by atoms with Crippen molar-refractivity contribution in [3.63, 3.8) is 0 Å². The first kappa shape index (κ1) is 38.8. The molecule has 0 spiro atoms. The second-order valence-corrected chi connectivity index (χ2v) is 12.8. The lowest BCUT2D eigenvalue weighted by molar-refractivity contribution is -0.275. The Hall–Kier alpha value is -7.45. The first-order chi connectivity index (χ1) is 28.2. The van der Waals surface area contributed by atoms with Crippen molar-refractivity contribution in [1.82, 2.24) is 0 Å². The van der Waals surface area contributed by atoms with Gasteiger partial charge in [-0.15, -0.1) is 0 Å². The number of methoxy groups -OCH3 is 1. The zero-order chi connectivity index (χ0) is 40.6. The minimum atomic E-state index is -1.68. The molecule has 6 aromatic rings. The van der Waals surface area contributed by atoms with E-state index in [9.17, 15) is 29.1 Å². The fourth-order valence-corrected chi connectivity index (χ4v) is 6.16. The lowest BCUT2D eigenvalue weighted by Gasteiger charge is -2.44. The predicted molar refractivity (Wildman–Crippen MR) is 204 cm³/mol. The van der Waals surface area contributed by atoms with Gasteiger partial charge in [0, 0.05) is 6.07 Å². The normalized spacial score (nSPS) is 18.7. The number of rotatable bonds is 12. The van der Waals surface area contributed by atoms with Crippen molar-refractivity contribution >= 4 is 34.8 Å². The molecular formula is C44H34O14. The Labute approximate surface area is 330 Å². The molecule has 1 fully saturated rings. The lowest BCUT2D eigenvalue weighted by Crippen LogP contribution is -2.63. The van der Waals surface area contributed by atoms with Crippen molar-refractivity contribution in [1.29, 1.82) is 0 Å². The summed E-state index contributed by atoms with van der Waals surface area (Å²) in [6.45, 7) is -0.570. The van der Waals surface area contributed by atoms with Crippen LogP contribution in [-0.4, -0.2) is 73.4 Å². The van der Waals surface area contributed by atoms with Gasteiger partial charge in [-0.3, -0.25) is 0 Å². The zero-order valence-corrected chi connectivity index (χ0v) is 30.6. The summed E-state index contributed by atoms with van der Waals surface area (Å²) >= 11 is 0. The van der Waals surface area contributed by atoms with Crippen LogP contribution in [0.5, 0.6) is 17.2 Å². The zero-order valence-electron chi connectivity index (χ0n) is 30.6. The minimum Gasteiger partial charge on any atom is -0.504 e. The van der Waals surface area contributed by atoms with Crippen LogP contribution < -0.4 is 15.1 Å². The van der Waals surface area contributed by atoms with E-state index in [4.69, 9.17) is 37.6 Å². The molecule has 7 rings (SSSR count). The van der Waals surface area contributed by atoms with Crippen LogP contribution in [0.25, 0.3) is 11.0 Å². The van der Waals surface area contributed by atoms with Crippen LogP contribution in [0, 0.1) is 0 Å². The summed E-state index contributed by atoms with van der Waals surface area (Å²) in [7, 11) is 1.20. The summed E-state index contributed by atoms with van der Waals surface area (Å²) in [6, 6.07) is 36.0. The Morgan fingerprint density at radius 2 is 1.07 bits per heavy atom. The number of aromatic hydroxyl groups is 1. The molecule has 0 unspecified atom stereocenters. The van der Waals surface area contributed by atoms with E-state index in [-0.39, 0.29) is 39.0 Å². The Morgan fingerprint density at radius 3 is 1.57 bits per heavy atom. The number of esters is 4. The van der Waals surface area contributed by atoms with Crippen molar-refractivity contribution in [2.24, 2.45) is 0 Å². The molecular weight excluding hydrogens is 752 g/mol. The van der Waals surface area contributed by atoms with Gasteiger partial charge >= 0.3 is 29.5 Å². The molecule has 0 amide bonds. The second-order valence-electron chi connectivity index (χ2n) is 12.8. The first-order valence-corrected chi connectivity index (χ1v) is 17.9. The van der Waals surface area contributed by atoms with E-state index in [0.717, 1.165) is 0 Å². The number of hydrogen-bond acceptors (Lipinski definition) is 14. The maximum Gasteiger partial charge on any atom is 0.383 e. The maximum atomic E-state index is 13.9. The fraction of sp³-hybridized carbons (Fsp3) is 0.159. The third kappa shape index (κ3) is 8.67. The van der Waals surface area contributed by atoms with Gasteiger partial charge < -0.3 is 42.7 Å². The van der Waals surface area contributed by atoms with Crippen molar-refractivity contribution in [2.75, 3.05) is 13.7 Å². The number of carbonyl (C=O) groups excluding carboxylic acids is 4. The largest absolute Gasteiger partial charge is 0.504 e. The van der Waals surface area contributed by atoms with Gasteiger partial charge in [0.1, 0.15) is 24.0 Å². The highest BCUT2D eigenvalue weighted by atomic mass is 16.7. The smallest absolute Gasteiger partial charge is 0.383 e. The highest BCUT2D eigenvalue weighted by molar-refractivity contribution is 5.92. The Morgan fingerprint density at radius 1 is 0.603 bits per heavy atom. The van der Waals surface area contributed by atoms with Gasteiger partial charge in [0.2, 0.25) is 18.1 Å². The molecule has 5 atom stereocenters. The molecule has 0 bridgehead atoms. The van der Waals surface area contributed by atoms with Gasteiger partial charge in [-0.2, -0.15) is 0 Å². The van der Waals surface area contributed by atoms with Crippen LogP contribution in [0.4, 0.5) is 0 Å². The van der Waals surface area contributed by atoms with E-state index in [1.807, 2.05) is 0 Å². The number of ether oxygens (including phenoxy) is 7. The van der Waals surface area contributed by atoms with Crippen LogP contribution in [-0.2, 0) is 23.7 Å². The molecule has 0 saturated carbocycles. The quantitative estimate of drug-likeness (QED) is 0.0847. The van der Waals surface area contributed by atoms with Gasteiger partial charge in [0.15, 0.2) is 18.0 Å². The van der Waals surface area contributed by atoms with Crippen LogP contribution in [0.15, 0.2) is 149 Å². The average molecular weight is 787 g/mol. The predicted octanol–water partition coefficient (Wildman–Crippen LogP) is 6.14. The van der Waals surface area contributed by atoms with E-state index in [0.29, 0.717) is 0 Å². The minimum absolute atomic E-state index is 0.0288. The molecule has 0 aliphatic carbocycles. The van der Waals surface area contributed by atoms with Gasteiger partial charge in [0.05, 0.1) is 34.7 Å². The number of benzene rings is 5. The van der Waals surface area contributed by atoms with E-state index < -0.39 is 78.3 Å². The van der Waals surface area contributed by atoms with Gasteiger partial charge in [-0.25, -0.2) is 24.0 Å². The topological polar surface area (TPSA) is 183 Å². The van der Waals surface area contributed by atoms with Crippen LogP contribution >= 0.6 is 0 Å². The molecule has 1 aliphatic heterocycles. The molecule has 58 heavy (non-hydrogen) atoms. The molecule has 14 nitrogen and oxygen atoms in total. The third-order valence-electron chi connectivity index (χ3n) is 9.00. The maximum absolute atomic E-state index is 13.9. The molecule has 0 radical (unpaired) electrons. The lowest BCUT2D eigenvalue weighted by atomic mass is 9.97. The molecule has 2 heterocycles. The average Bonchev–Trinajstić information content (AvgIpc) is 3.26. The SMILES string of the molecule is COc1c(O)c2ccc(O[C@H]3O[C@H](COC(=O)c4ccccc4)[C@@H](OC(=O)c4ccccc4)[C@H](OC(=O)c4ccccc4)[C@@H]3OC(=O)c3ccccc3)cc2oc1=O. The van der Waals surface area contributed by atoms with Gasteiger partial charge in [0.25, 0.3) is 0 Å². The second kappa shape index (κ2) is 17.6. The monoisotopic (exact) mass is 786 g/mol. The summed E-state index contributed by atoms with van der Waals surface area (Å²) in [5, 5.41) is 10.8. The van der Waals surface area contributed by atoms with Gasteiger partial charge in [-0.05, 0) is 60.7 Å². The summed E-state index contributed by atoms with van der Waals surface area (Å²) in [5.41, 5.74) is -0.510. The highest BCUT2D eigenvalue weighted by Crippen LogP contribution is 2.36. The summed E-state index contributed by atoms with van der Waals surface area (Å²) in [6.07, 6.45) is -8.03. The first-order valence-electron chi connectivity index (χ1n) is 17.9. The van der Waals surface area contributed by atoms with E-state index >= 15 is 0 Å². The number of hydrogen-bond donors (Lipinski definition) is 1. The summed E-state index contributed by atoms with van der Waals surface area (Å²) in [5.74, 6) is -4.28. The molecule has 1 aliphatic rings. The molecule has 1 N–H and O–H groups in total. The van der Waals surface area contributed by atoms with Crippen molar-refractivity contribution in [3.05, 3.63) is 172 Å².